The molecular weight excluding hydrogens is 391 g/mol. The lowest BCUT2D eigenvalue weighted by atomic mass is 10.1. The number of hydrogen-bond acceptors (Lipinski definition) is 5. The predicted molar refractivity (Wildman–Crippen MR) is 90.2 cm³/mol. The van der Waals surface area contributed by atoms with E-state index in [-0.39, 0.29) is 28.7 Å². The Morgan fingerprint density at radius 2 is 1.93 bits per heavy atom. The van der Waals surface area contributed by atoms with Crippen LogP contribution >= 0.6 is 11.6 Å². The molecule has 0 radical (unpaired) electrons. The van der Waals surface area contributed by atoms with E-state index in [9.17, 15) is 28.1 Å². The van der Waals surface area contributed by atoms with Gasteiger partial charge >= 0.3 is 12.1 Å². The minimum absolute atomic E-state index is 0.0225. The Labute approximate surface area is 156 Å². The molecule has 0 saturated carbocycles. The second kappa shape index (κ2) is 8.26. The topological polar surface area (TPSA) is 78.7 Å². The molecule has 0 aromatic heterocycles. The van der Waals surface area contributed by atoms with Crippen LogP contribution in [0.25, 0.3) is 0 Å². The fraction of sp³-hybridized carbons (Fsp3) is 0.235. The highest BCUT2D eigenvalue weighted by Crippen LogP contribution is 2.37. The molecule has 0 aliphatic rings. The van der Waals surface area contributed by atoms with Crippen molar-refractivity contribution in [1.29, 1.82) is 0 Å². The molecule has 144 valence electrons. The third-order valence-electron chi connectivity index (χ3n) is 3.31. The smallest absolute Gasteiger partial charge is 0.416 e. The molecule has 0 saturated heterocycles. The van der Waals surface area contributed by atoms with Crippen molar-refractivity contribution in [2.24, 2.45) is 0 Å². The lowest BCUT2D eigenvalue weighted by molar-refractivity contribution is -0.385. The first-order chi connectivity index (χ1) is 12.6. The molecule has 10 heteroatoms. The zero-order valence-corrected chi connectivity index (χ0v) is 14.6. The van der Waals surface area contributed by atoms with E-state index in [1.54, 1.807) is 6.92 Å². The van der Waals surface area contributed by atoms with Gasteiger partial charge in [0.15, 0.2) is 0 Å². The molecule has 0 aliphatic carbocycles. The Balaban J connectivity index is 2.34. The van der Waals surface area contributed by atoms with Crippen LogP contribution in [0.1, 0.15) is 29.3 Å². The number of carbonyl (C=O) groups excluding carboxylic acids is 1. The van der Waals surface area contributed by atoms with Gasteiger partial charge in [-0.3, -0.25) is 10.1 Å². The molecule has 0 amide bonds. The summed E-state index contributed by atoms with van der Waals surface area (Å²) in [6.45, 7) is 1.83. The summed E-state index contributed by atoms with van der Waals surface area (Å²) in [5.41, 5.74) is -1.77. The fourth-order valence-corrected chi connectivity index (χ4v) is 2.28. The number of hydrogen-bond donors (Lipinski definition) is 0. The molecule has 2 aromatic rings. The summed E-state index contributed by atoms with van der Waals surface area (Å²) in [6.07, 6.45) is -4.04. The maximum absolute atomic E-state index is 12.7. The van der Waals surface area contributed by atoms with Crippen LogP contribution in [0.15, 0.2) is 36.4 Å². The number of alkyl halides is 3. The highest BCUT2D eigenvalue weighted by atomic mass is 35.5. The molecular formula is C17H13ClF3NO5. The molecule has 0 bridgehead atoms. The SMILES string of the molecule is CCCOC(=O)c1cc(Oc2ccc(C(F)(F)F)cc2Cl)ccc1[N+](=O)[O-]. The second-order valence-corrected chi connectivity index (χ2v) is 5.72. The monoisotopic (exact) mass is 403 g/mol. The van der Waals surface area contributed by atoms with Gasteiger partial charge in [-0.1, -0.05) is 18.5 Å². The van der Waals surface area contributed by atoms with Gasteiger partial charge in [-0.05, 0) is 30.7 Å². The van der Waals surface area contributed by atoms with Gasteiger partial charge < -0.3 is 9.47 Å². The fourth-order valence-electron chi connectivity index (χ4n) is 2.06. The van der Waals surface area contributed by atoms with E-state index in [1.807, 2.05) is 0 Å². The van der Waals surface area contributed by atoms with E-state index in [2.05, 4.69) is 0 Å². The summed E-state index contributed by atoms with van der Waals surface area (Å²) in [5.74, 6) is -1.04. The van der Waals surface area contributed by atoms with Crippen molar-refractivity contribution in [3.8, 4) is 11.5 Å². The maximum atomic E-state index is 12.7. The van der Waals surface area contributed by atoms with Crippen LogP contribution in [0.4, 0.5) is 18.9 Å². The van der Waals surface area contributed by atoms with Crippen molar-refractivity contribution in [3.05, 3.63) is 62.7 Å². The third-order valence-corrected chi connectivity index (χ3v) is 3.60. The van der Waals surface area contributed by atoms with Crippen LogP contribution in [0, 0.1) is 10.1 Å². The number of carbonyl (C=O) groups is 1. The van der Waals surface area contributed by atoms with E-state index in [4.69, 9.17) is 21.1 Å². The normalized spacial score (nSPS) is 11.1. The minimum atomic E-state index is -4.56. The molecule has 2 aromatic carbocycles. The molecule has 0 atom stereocenters. The summed E-state index contributed by atoms with van der Waals surface area (Å²) < 4.78 is 48.3. The van der Waals surface area contributed by atoms with Gasteiger partial charge in [-0.2, -0.15) is 13.2 Å². The standard InChI is InChI=1S/C17H13ClF3NO5/c1-2-7-26-16(23)12-9-11(4-5-14(12)22(24)25)27-15-6-3-10(8-13(15)18)17(19,20)21/h3-6,8-9H,2,7H2,1H3. The number of nitrogens with zero attached hydrogens (tertiary/aromatic N) is 1. The number of esters is 1. The maximum Gasteiger partial charge on any atom is 0.416 e. The molecule has 0 N–H and O–H groups in total. The first-order valence-electron chi connectivity index (χ1n) is 7.63. The van der Waals surface area contributed by atoms with Crippen molar-refractivity contribution in [2.45, 2.75) is 19.5 Å². The Morgan fingerprint density at radius 1 is 1.22 bits per heavy atom. The van der Waals surface area contributed by atoms with E-state index in [1.165, 1.54) is 6.07 Å². The number of halogens is 4. The predicted octanol–water partition coefficient (Wildman–Crippen LogP) is 5.63. The molecule has 0 heterocycles. The van der Waals surface area contributed by atoms with Gasteiger partial charge in [0.05, 0.1) is 22.1 Å². The summed E-state index contributed by atoms with van der Waals surface area (Å²) in [7, 11) is 0. The van der Waals surface area contributed by atoms with Crippen LogP contribution in [-0.2, 0) is 10.9 Å². The lowest BCUT2D eigenvalue weighted by Crippen LogP contribution is -2.09. The summed E-state index contributed by atoms with van der Waals surface area (Å²) >= 11 is 5.81. The Morgan fingerprint density at radius 3 is 2.48 bits per heavy atom. The van der Waals surface area contributed by atoms with Gasteiger partial charge in [-0.15, -0.1) is 0 Å². The summed E-state index contributed by atoms with van der Waals surface area (Å²) in [6, 6.07) is 5.80. The molecule has 0 unspecified atom stereocenters. The van der Waals surface area contributed by atoms with Gasteiger partial charge in [0.2, 0.25) is 0 Å². The number of nitro benzene ring substituents is 1. The number of nitro groups is 1. The van der Waals surface area contributed by atoms with E-state index in [0.29, 0.717) is 12.5 Å². The average molecular weight is 404 g/mol. The number of rotatable bonds is 6. The van der Waals surface area contributed by atoms with E-state index in [0.717, 1.165) is 24.3 Å². The zero-order valence-electron chi connectivity index (χ0n) is 13.9. The Kier molecular flexibility index (Phi) is 6.27. The van der Waals surface area contributed by atoms with Crippen molar-refractivity contribution >= 4 is 23.3 Å². The minimum Gasteiger partial charge on any atom is -0.462 e. The molecule has 0 spiro atoms. The molecule has 0 fully saturated rings. The number of benzene rings is 2. The van der Waals surface area contributed by atoms with Crippen molar-refractivity contribution in [3.63, 3.8) is 0 Å². The molecule has 6 nitrogen and oxygen atoms in total. The van der Waals surface area contributed by atoms with Crippen LogP contribution in [0.5, 0.6) is 11.5 Å². The Bertz CT molecular complexity index is 870. The summed E-state index contributed by atoms with van der Waals surface area (Å²) in [4.78, 5) is 22.4. The van der Waals surface area contributed by atoms with Crippen molar-refractivity contribution < 1.29 is 32.4 Å². The lowest BCUT2D eigenvalue weighted by Gasteiger charge is -2.12. The van der Waals surface area contributed by atoms with E-state index >= 15 is 0 Å². The molecule has 27 heavy (non-hydrogen) atoms. The van der Waals surface area contributed by atoms with Gasteiger partial charge in [-0.25, -0.2) is 4.79 Å². The first kappa shape index (κ1) is 20.5. The highest BCUT2D eigenvalue weighted by Gasteiger charge is 2.31. The third kappa shape index (κ3) is 5.10. The molecule has 0 aliphatic heterocycles. The zero-order chi connectivity index (χ0) is 20.2. The van der Waals surface area contributed by atoms with Crippen LogP contribution in [0.3, 0.4) is 0 Å². The van der Waals surface area contributed by atoms with Gasteiger partial charge in [0, 0.05) is 12.1 Å². The van der Waals surface area contributed by atoms with E-state index < -0.39 is 28.3 Å². The second-order valence-electron chi connectivity index (χ2n) is 5.32. The first-order valence-corrected chi connectivity index (χ1v) is 8.01. The van der Waals surface area contributed by atoms with Crippen molar-refractivity contribution in [2.75, 3.05) is 6.61 Å². The van der Waals surface area contributed by atoms with Crippen molar-refractivity contribution in [1.82, 2.24) is 0 Å². The van der Waals surface area contributed by atoms with Crippen LogP contribution in [0.2, 0.25) is 5.02 Å². The van der Waals surface area contributed by atoms with Crippen LogP contribution < -0.4 is 4.74 Å². The highest BCUT2D eigenvalue weighted by molar-refractivity contribution is 6.32. The van der Waals surface area contributed by atoms with Crippen LogP contribution in [-0.4, -0.2) is 17.5 Å². The quantitative estimate of drug-likeness (QED) is 0.355. The molecule has 2 rings (SSSR count). The summed E-state index contributed by atoms with van der Waals surface area (Å²) in [5, 5.41) is 10.8. The average Bonchev–Trinajstić information content (AvgIpc) is 2.60. The number of ether oxygens (including phenoxy) is 2. The largest absolute Gasteiger partial charge is 0.462 e. The van der Waals surface area contributed by atoms with Gasteiger partial charge in [0.1, 0.15) is 17.1 Å². The Hall–Kier alpha value is -2.81. The van der Waals surface area contributed by atoms with Gasteiger partial charge in [0.25, 0.3) is 5.69 Å².